The molecule has 0 aliphatic carbocycles. The van der Waals surface area contributed by atoms with Crippen molar-refractivity contribution in [2.75, 3.05) is 5.73 Å². The number of anilines is 1. The fourth-order valence-corrected chi connectivity index (χ4v) is 0.874. The summed E-state index contributed by atoms with van der Waals surface area (Å²) in [5, 5.41) is 2.94. The Balaban J connectivity index is 3.12. The molecule has 0 radical (unpaired) electrons. The monoisotopic (exact) mass is 117 g/mol. The number of halogens is 1. The van der Waals surface area contributed by atoms with Gasteiger partial charge in [0, 0.05) is 10.8 Å². The molecule has 0 spiro atoms. The largest absolute Gasteiger partial charge is 0.396 e. The molecule has 0 saturated carbocycles. The highest BCUT2D eigenvalue weighted by molar-refractivity contribution is 7.08. The molecule has 0 bridgehead atoms. The van der Waals surface area contributed by atoms with E-state index < -0.39 is 0 Å². The summed E-state index contributed by atoms with van der Waals surface area (Å²) < 4.78 is 12.0. The van der Waals surface area contributed by atoms with Crippen molar-refractivity contribution in [3.8, 4) is 0 Å². The Bertz CT molecular complexity index is 144. The molecular weight excluding hydrogens is 113 g/mol. The molecule has 0 aromatic carbocycles. The minimum atomic E-state index is -0.315. The molecule has 3 heteroatoms. The molecule has 1 rings (SSSR count). The van der Waals surface area contributed by atoms with Crippen LogP contribution in [0.25, 0.3) is 0 Å². The highest BCUT2D eigenvalue weighted by Crippen LogP contribution is 2.13. The third-order valence-electron chi connectivity index (χ3n) is 0.642. The van der Waals surface area contributed by atoms with Gasteiger partial charge in [0.2, 0.25) is 0 Å². The Morgan fingerprint density at radius 2 is 2.29 bits per heavy atom. The summed E-state index contributed by atoms with van der Waals surface area (Å²) >= 11 is 1.27. The van der Waals surface area contributed by atoms with Crippen LogP contribution in [0.3, 0.4) is 0 Å². The lowest BCUT2D eigenvalue weighted by Gasteiger charge is -1.76. The minimum Gasteiger partial charge on any atom is -0.396 e. The van der Waals surface area contributed by atoms with E-state index in [1.54, 1.807) is 5.38 Å². The maximum absolute atomic E-state index is 12.0. The zero-order valence-electron chi connectivity index (χ0n) is 3.52. The fraction of sp³-hybridized carbons (Fsp3) is 0. The molecule has 1 nitrogen and oxygen atoms in total. The quantitative estimate of drug-likeness (QED) is 0.547. The van der Waals surface area contributed by atoms with Gasteiger partial charge < -0.3 is 5.73 Å². The number of hydrogen-bond acceptors (Lipinski definition) is 2. The predicted octanol–water partition coefficient (Wildman–Crippen LogP) is 1.47. The number of hydrogen-bond donors (Lipinski definition) is 1. The molecule has 1 aromatic heterocycles. The van der Waals surface area contributed by atoms with Gasteiger partial charge in [-0.1, -0.05) is 0 Å². The Morgan fingerprint density at radius 3 is 2.43 bits per heavy atom. The van der Waals surface area contributed by atoms with Crippen molar-refractivity contribution in [1.82, 2.24) is 0 Å². The minimum absolute atomic E-state index is 0.241. The molecule has 0 unspecified atom stereocenters. The molecule has 7 heavy (non-hydrogen) atoms. The smallest absolute Gasteiger partial charge is 0.156 e. The van der Waals surface area contributed by atoms with Crippen LogP contribution in [0.5, 0.6) is 0 Å². The van der Waals surface area contributed by atoms with Gasteiger partial charge in [-0.3, -0.25) is 0 Å². The van der Waals surface area contributed by atoms with E-state index in [0.717, 1.165) is 0 Å². The van der Waals surface area contributed by atoms with E-state index in [-0.39, 0.29) is 11.5 Å². The molecule has 0 aliphatic rings. The Morgan fingerprint density at radius 1 is 1.57 bits per heavy atom. The van der Waals surface area contributed by atoms with Crippen LogP contribution in [0.15, 0.2) is 10.8 Å². The molecule has 0 atom stereocenters. The van der Waals surface area contributed by atoms with E-state index in [9.17, 15) is 4.39 Å². The van der Waals surface area contributed by atoms with Crippen molar-refractivity contribution in [2.24, 2.45) is 0 Å². The van der Waals surface area contributed by atoms with Crippen molar-refractivity contribution in [3.05, 3.63) is 16.6 Å². The first-order valence-corrected chi connectivity index (χ1v) is 2.72. The van der Waals surface area contributed by atoms with E-state index in [0.29, 0.717) is 0 Å². The number of nitrogens with two attached hydrogens (primary N) is 1. The normalized spacial score (nSPS) is 9.29. The van der Waals surface area contributed by atoms with Crippen LogP contribution in [-0.2, 0) is 0 Å². The first kappa shape index (κ1) is 4.59. The summed E-state index contributed by atoms with van der Waals surface area (Å²) in [6.45, 7) is 0. The lowest BCUT2D eigenvalue weighted by molar-refractivity contribution is 0.638. The third kappa shape index (κ3) is 0.718. The molecule has 1 aromatic rings. The Labute approximate surface area is 44.6 Å². The van der Waals surface area contributed by atoms with Gasteiger partial charge in [-0.05, 0) is 0 Å². The molecule has 2 N–H and O–H groups in total. The second-order valence-electron chi connectivity index (χ2n) is 1.18. The van der Waals surface area contributed by atoms with Crippen molar-refractivity contribution >= 4 is 17.0 Å². The molecule has 0 saturated heterocycles. The van der Waals surface area contributed by atoms with E-state index >= 15 is 0 Å². The van der Waals surface area contributed by atoms with Gasteiger partial charge in [-0.25, -0.2) is 4.39 Å². The third-order valence-corrected chi connectivity index (χ3v) is 1.38. The van der Waals surface area contributed by atoms with Crippen molar-refractivity contribution < 1.29 is 4.39 Å². The first-order valence-electron chi connectivity index (χ1n) is 1.78. The van der Waals surface area contributed by atoms with Gasteiger partial charge in [0.1, 0.15) is 0 Å². The van der Waals surface area contributed by atoms with Gasteiger partial charge in [0.05, 0.1) is 5.69 Å². The second-order valence-corrected chi connectivity index (χ2v) is 1.92. The van der Waals surface area contributed by atoms with Crippen molar-refractivity contribution in [2.45, 2.75) is 0 Å². The summed E-state index contributed by atoms with van der Waals surface area (Å²) in [4.78, 5) is 0. The van der Waals surface area contributed by atoms with Crippen LogP contribution in [0.1, 0.15) is 0 Å². The van der Waals surface area contributed by atoms with E-state index in [1.807, 2.05) is 0 Å². The Hall–Kier alpha value is -0.570. The zero-order valence-corrected chi connectivity index (χ0v) is 4.33. The number of nitrogen functional groups attached to an aromatic ring is 1. The van der Waals surface area contributed by atoms with Crippen LogP contribution >= 0.6 is 11.3 Å². The fourth-order valence-electron chi connectivity index (χ4n) is 0.291. The van der Waals surface area contributed by atoms with Crippen molar-refractivity contribution in [1.29, 1.82) is 0 Å². The van der Waals surface area contributed by atoms with Gasteiger partial charge in [-0.15, -0.1) is 11.3 Å². The summed E-state index contributed by atoms with van der Waals surface area (Å²) in [5.74, 6) is -0.315. The molecular formula is C4H4FNS. The van der Waals surface area contributed by atoms with E-state index in [4.69, 9.17) is 5.73 Å². The maximum atomic E-state index is 12.0. The lowest BCUT2D eigenvalue weighted by atomic mass is 10.5. The summed E-state index contributed by atoms with van der Waals surface area (Å²) in [5.41, 5.74) is 5.32. The molecule has 38 valence electrons. The SMILES string of the molecule is Nc1cscc1F. The standard InChI is InChI=1S/C4H4FNS/c5-3-1-7-2-4(3)6/h1-2H,6H2. The summed E-state index contributed by atoms with van der Waals surface area (Å²) in [6.07, 6.45) is 0. The van der Waals surface area contributed by atoms with Crippen LogP contribution in [0.2, 0.25) is 0 Å². The molecule has 1 heterocycles. The molecule has 0 aliphatic heterocycles. The summed E-state index contributed by atoms with van der Waals surface area (Å²) in [6, 6.07) is 0. The zero-order chi connectivity index (χ0) is 5.28. The topological polar surface area (TPSA) is 26.0 Å². The Kier molecular flexibility index (Phi) is 0.982. The van der Waals surface area contributed by atoms with Crippen molar-refractivity contribution in [3.63, 3.8) is 0 Å². The maximum Gasteiger partial charge on any atom is 0.156 e. The molecule has 0 fully saturated rings. The first-order chi connectivity index (χ1) is 3.30. The van der Waals surface area contributed by atoms with E-state index in [1.165, 1.54) is 16.7 Å². The highest BCUT2D eigenvalue weighted by Gasteiger charge is 1.92. The lowest BCUT2D eigenvalue weighted by Crippen LogP contribution is -1.81. The number of thiophene rings is 1. The van der Waals surface area contributed by atoms with Gasteiger partial charge in [0.15, 0.2) is 5.82 Å². The van der Waals surface area contributed by atoms with Gasteiger partial charge >= 0.3 is 0 Å². The average molecular weight is 117 g/mol. The number of rotatable bonds is 0. The summed E-state index contributed by atoms with van der Waals surface area (Å²) in [7, 11) is 0. The van der Waals surface area contributed by atoms with Gasteiger partial charge in [-0.2, -0.15) is 0 Å². The van der Waals surface area contributed by atoms with E-state index in [2.05, 4.69) is 0 Å². The van der Waals surface area contributed by atoms with Gasteiger partial charge in [0.25, 0.3) is 0 Å². The molecule has 0 amide bonds. The average Bonchev–Trinajstić information content (AvgIpc) is 1.91. The van der Waals surface area contributed by atoms with Crippen LogP contribution in [0, 0.1) is 5.82 Å². The second kappa shape index (κ2) is 1.50. The van der Waals surface area contributed by atoms with Crippen LogP contribution < -0.4 is 5.73 Å². The van der Waals surface area contributed by atoms with Crippen LogP contribution in [0.4, 0.5) is 10.1 Å². The van der Waals surface area contributed by atoms with Crippen LogP contribution in [-0.4, -0.2) is 0 Å². The predicted molar refractivity (Wildman–Crippen MR) is 28.7 cm³/mol. The highest BCUT2D eigenvalue weighted by atomic mass is 32.1.